The van der Waals surface area contributed by atoms with Crippen LogP contribution in [0.3, 0.4) is 0 Å². The molecule has 0 saturated heterocycles. The van der Waals surface area contributed by atoms with Crippen LogP contribution in [0.15, 0.2) is 107 Å². The van der Waals surface area contributed by atoms with Crippen LogP contribution < -0.4 is 9.47 Å². The fourth-order valence-corrected chi connectivity index (χ4v) is 2.94. The number of nitro groups is 2. The van der Waals surface area contributed by atoms with Crippen LogP contribution >= 0.6 is 0 Å². The molecule has 0 saturated carbocycles. The summed E-state index contributed by atoms with van der Waals surface area (Å²) in [6, 6.07) is 25.2. The molecule has 34 heavy (non-hydrogen) atoms. The third kappa shape index (κ3) is 5.37. The van der Waals surface area contributed by atoms with E-state index in [0.29, 0.717) is 11.4 Å². The molecule has 0 aromatic heterocycles. The van der Waals surface area contributed by atoms with Crippen LogP contribution in [0.5, 0.6) is 23.0 Å². The topological polar surface area (TPSA) is 129 Å². The summed E-state index contributed by atoms with van der Waals surface area (Å²) in [5.74, 6) is 0.710. The van der Waals surface area contributed by atoms with Crippen molar-refractivity contribution in [1.82, 2.24) is 0 Å². The second kappa shape index (κ2) is 10.0. The van der Waals surface area contributed by atoms with E-state index < -0.39 is 9.85 Å². The molecule has 0 N–H and O–H groups in total. The summed E-state index contributed by atoms with van der Waals surface area (Å²) in [6.07, 6.45) is 0. The summed E-state index contributed by atoms with van der Waals surface area (Å²) in [4.78, 5) is 21.2. The SMILES string of the molecule is O=[N+]([O-])c1cccc(Oc2cccc(N=Nc3ccccc3)c2Oc2cccc([N+](=O)[O-])c2)c1. The van der Waals surface area contributed by atoms with Crippen LogP contribution in [0, 0.1) is 20.2 Å². The molecule has 4 aromatic rings. The molecule has 0 bridgehead atoms. The first kappa shape index (κ1) is 22.1. The number of hydrogen-bond acceptors (Lipinski definition) is 8. The van der Waals surface area contributed by atoms with E-state index in [9.17, 15) is 20.2 Å². The van der Waals surface area contributed by atoms with Gasteiger partial charge in [0, 0.05) is 12.1 Å². The zero-order valence-corrected chi connectivity index (χ0v) is 17.5. The number of non-ortho nitro benzene ring substituents is 2. The molecule has 0 atom stereocenters. The molecule has 10 heteroatoms. The number of ether oxygens (including phenoxy) is 2. The Bertz CT molecular complexity index is 1380. The molecule has 0 fully saturated rings. The van der Waals surface area contributed by atoms with Crippen LogP contribution in [0.1, 0.15) is 0 Å². The van der Waals surface area contributed by atoms with Crippen LogP contribution in [0.25, 0.3) is 0 Å². The van der Waals surface area contributed by atoms with Gasteiger partial charge in [-0.05, 0) is 36.4 Å². The van der Waals surface area contributed by atoms with Gasteiger partial charge in [-0.2, -0.15) is 5.11 Å². The van der Waals surface area contributed by atoms with E-state index in [4.69, 9.17) is 9.47 Å². The van der Waals surface area contributed by atoms with Crippen LogP contribution in [-0.2, 0) is 0 Å². The van der Waals surface area contributed by atoms with E-state index in [1.165, 1.54) is 36.4 Å². The average molecular weight is 456 g/mol. The van der Waals surface area contributed by atoms with Gasteiger partial charge >= 0.3 is 0 Å². The van der Waals surface area contributed by atoms with Gasteiger partial charge in [0.15, 0.2) is 11.5 Å². The molecule has 0 aliphatic heterocycles. The van der Waals surface area contributed by atoms with E-state index in [0.717, 1.165) is 0 Å². The number of rotatable bonds is 8. The second-order valence-electron chi connectivity index (χ2n) is 6.85. The van der Waals surface area contributed by atoms with Gasteiger partial charge in [0.1, 0.15) is 17.2 Å². The molecule has 0 unspecified atom stereocenters. The third-order valence-corrected chi connectivity index (χ3v) is 4.49. The van der Waals surface area contributed by atoms with Gasteiger partial charge < -0.3 is 9.47 Å². The number of nitrogens with zero attached hydrogens (tertiary/aromatic N) is 4. The molecule has 4 aromatic carbocycles. The molecule has 168 valence electrons. The molecule has 0 spiro atoms. The highest BCUT2D eigenvalue weighted by Crippen LogP contribution is 2.43. The van der Waals surface area contributed by atoms with Crippen molar-refractivity contribution in [2.24, 2.45) is 10.2 Å². The maximum Gasteiger partial charge on any atom is 0.273 e. The molecule has 0 aliphatic carbocycles. The second-order valence-corrected chi connectivity index (χ2v) is 6.85. The molecular formula is C24H16N4O6. The molecule has 0 heterocycles. The number of azo groups is 1. The minimum absolute atomic E-state index is 0.134. The van der Waals surface area contributed by atoms with Crippen LogP contribution in [0.4, 0.5) is 22.7 Å². The number of hydrogen-bond donors (Lipinski definition) is 0. The Morgan fingerprint density at radius 3 is 1.82 bits per heavy atom. The number of para-hydroxylation sites is 1. The zero-order chi connectivity index (χ0) is 23.9. The third-order valence-electron chi connectivity index (χ3n) is 4.49. The normalized spacial score (nSPS) is 10.7. The molecule has 0 radical (unpaired) electrons. The zero-order valence-electron chi connectivity index (χ0n) is 17.5. The monoisotopic (exact) mass is 456 g/mol. The lowest BCUT2D eigenvalue weighted by Crippen LogP contribution is -1.93. The van der Waals surface area contributed by atoms with Gasteiger partial charge in [-0.3, -0.25) is 20.2 Å². The predicted octanol–water partition coefficient (Wildman–Crippen LogP) is 7.50. The van der Waals surface area contributed by atoms with Crippen molar-refractivity contribution in [2.45, 2.75) is 0 Å². The van der Waals surface area contributed by atoms with Gasteiger partial charge in [0.2, 0.25) is 0 Å². The van der Waals surface area contributed by atoms with Crippen molar-refractivity contribution in [3.05, 3.63) is 117 Å². The summed E-state index contributed by atoms with van der Waals surface area (Å²) in [7, 11) is 0. The van der Waals surface area contributed by atoms with Crippen molar-refractivity contribution < 1.29 is 19.3 Å². The van der Waals surface area contributed by atoms with Crippen molar-refractivity contribution >= 4 is 22.7 Å². The number of nitro benzene ring substituents is 2. The molecule has 4 rings (SSSR count). The first-order valence-corrected chi connectivity index (χ1v) is 9.94. The Balaban J connectivity index is 1.75. The summed E-state index contributed by atoms with van der Waals surface area (Å²) in [5.41, 5.74) is 0.604. The first-order valence-electron chi connectivity index (χ1n) is 9.94. The Labute approximate surface area is 193 Å². The highest BCUT2D eigenvalue weighted by Gasteiger charge is 2.16. The lowest BCUT2D eigenvalue weighted by Gasteiger charge is -2.14. The Morgan fingerprint density at radius 1 is 0.618 bits per heavy atom. The van der Waals surface area contributed by atoms with Crippen molar-refractivity contribution in [3.63, 3.8) is 0 Å². The van der Waals surface area contributed by atoms with Gasteiger partial charge in [-0.1, -0.05) is 36.4 Å². The predicted molar refractivity (Wildman–Crippen MR) is 123 cm³/mol. The molecule has 0 aliphatic rings. The van der Waals surface area contributed by atoms with Gasteiger partial charge in [0.05, 0.1) is 27.7 Å². The van der Waals surface area contributed by atoms with E-state index in [-0.39, 0.29) is 34.4 Å². The smallest absolute Gasteiger partial charge is 0.273 e. The summed E-state index contributed by atoms with van der Waals surface area (Å²) in [6.45, 7) is 0. The van der Waals surface area contributed by atoms with Crippen LogP contribution in [-0.4, -0.2) is 9.85 Å². The van der Waals surface area contributed by atoms with E-state index >= 15 is 0 Å². The maximum atomic E-state index is 11.2. The highest BCUT2D eigenvalue weighted by atomic mass is 16.6. The fraction of sp³-hybridized carbons (Fsp3) is 0. The van der Waals surface area contributed by atoms with E-state index in [2.05, 4.69) is 10.2 Å². The van der Waals surface area contributed by atoms with Crippen molar-refractivity contribution in [1.29, 1.82) is 0 Å². The lowest BCUT2D eigenvalue weighted by molar-refractivity contribution is -0.385. The van der Waals surface area contributed by atoms with Gasteiger partial charge in [-0.25, -0.2) is 0 Å². The van der Waals surface area contributed by atoms with Gasteiger partial charge in [0.25, 0.3) is 11.4 Å². The minimum Gasteiger partial charge on any atom is -0.453 e. The van der Waals surface area contributed by atoms with Crippen LogP contribution in [0.2, 0.25) is 0 Å². The lowest BCUT2D eigenvalue weighted by atomic mass is 10.2. The largest absolute Gasteiger partial charge is 0.453 e. The summed E-state index contributed by atoms with van der Waals surface area (Å²) in [5, 5.41) is 30.7. The Hall–Kier alpha value is -5.12. The first-order chi connectivity index (χ1) is 16.5. The molecule has 0 amide bonds. The quantitative estimate of drug-likeness (QED) is 0.153. The Kier molecular flexibility index (Phi) is 6.50. The summed E-state index contributed by atoms with van der Waals surface area (Å²) >= 11 is 0. The minimum atomic E-state index is -0.533. The number of benzene rings is 4. The Morgan fingerprint density at radius 2 is 1.21 bits per heavy atom. The standard InChI is InChI=1S/C24H16N4O6/c29-27(30)18-9-4-11-20(15-18)33-23-14-6-13-22(26-25-17-7-2-1-3-8-17)24(23)34-21-12-5-10-19(16-21)28(31)32/h1-16H. The van der Waals surface area contributed by atoms with Gasteiger partial charge in [-0.15, -0.1) is 5.11 Å². The highest BCUT2D eigenvalue weighted by molar-refractivity contribution is 5.62. The fourth-order valence-electron chi connectivity index (χ4n) is 2.94. The average Bonchev–Trinajstić information content (AvgIpc) is 2.85. The van der Waals surface area contributed by atoms with E-state index in [1.807, 2.05) is 18.2 Å². The van der Waals surface area contributed by atoms with Crippen molar-refractivity contribution in [3.8, 4) is 23.0 Å². The summed E-state index contributed by atoms with van der Waals surface area (Å²) < 4.78 is 11.8. The maximum absolute atomic E-state index is 11.2. The molecule has 10 nitrogen and oxygen atoms in total. The van der Waals surface area contributed by atoms with E-state index in [1.54, 1.807) is 42.5 Å². The molecular weight excluding hydrogens is 440 g/mol. The van der Waals surface area contributed by atoms with Crippen molar-refractivity contribution in [2.75, 3.05) is 0 Å².